The van der Waals surface area contributed by atoms with Crippen LogP contribution < -0.4 is 5.32 Å². The van der Waals surface area contributed by atoms with Gasteiger partial charge in [0.25, 0.3) is 0 Å². The summed E-state index contributed by atoms with van der Waals surface area (Å²) in [6.45, 7) is 1.47. The Kier molecular flexibility index (Phi) is 4.59. The summed E-state index contributed by atoms with van der Waals surface area (Å²) in [5.74, 6) is 0.873. The van der Waals surface area contributed by atoms with E-state index < -0.39 is 0 Å². The van der Waals surface area contributed by atoms with Crippen molar-refractivity contribution in [3.63, 3.8) is 0 Å². The largest absolute Gasteiger partial charge is 0.462 e. The lowest BCUT2D eigenvalue weighted by atomic mass is 9.77. The molecule has 1 unspecified atom stereocenters. The van der Waals surface area contributed by atoms with Crippen molar-refractivity contribution in [3.8, 4) is 0 Å². The molecule has 92 valence electrons. The first kappa shape index (κ1) is 13.3. The Hall–Kier alpha value is -0.770. The van der Waals surface area contributed by atoms with Gasteiger partial charge in [0.15, 0.2) is 0 Å². The van der Waals surface area contributed by atoms with Gasteiger partial charge in [-0.15, -0.1) is 12.4 Å². The van der Waals surface area contributed by atoms with E-state index in [0.717, 1.165) is 32.1 Å². The zero-order valence-electron chi connectivity index (χ0n) is 9.49. The molecule has 0 aromatic rings. The Morgan fingerprint density at radius 2 is 2.19 bits per heavy atom. The van der Waals surface area contributed by atoms with E-state index in [4.69, 9.17) is 10.1 Å². The number of ether oxygens (including phenoxy) is 1. The normalized spacial score (nSPS) is 33.1. The van der Waals surface area contributed by atoms with Crippen molar-refractivity contribution in [2.24, 2.45) is 5.92 Å². The Labute approximate surface area is 102 Å². The molecule has 1 heterocycles. The highest BCUT2D eigenvalue weighted by atomic mass is 35.5. The molecule has 1 aliphatic heterocycles. The molecule has 5 heteroatoms. The van der Waals surface area contributed by atoms with Crippen LogP contribution in [0.15, 0.2) is 0 Å². The van der Waals surface area contributed by atoms with Gasteiger partial charge in [-0.3, -0.25) is 10.2 Å². The van der Waals surface area contributed by atoms with Crippen LogP contribution in [0.25, 0.3) is 0 Å². The summed E-state index contributed by atoms with van der Waals surface area (Å²) in [7, 11) is 0. The van der Waals surface area contributed by atoms with E-state index in [1.165, 1.54) is 6.92 Å². The van der Waals surface area contributed by atoms with Crippen LogP contribution >= 0.6 is 12.4 Å². The van der Waals surface area contributed by atoms with Crippen molar-refractivity contribution >= 4 is 24.2 Å². The van der Waals surface area contributed by atoms with Crippen molar-refractivity contribution in [1.29, 1.82) is 5.41 Å². The fraction of sp³-hybridized carbons (Fsp3) is 0.818. The lowest BCUT2D eigenvalue weighted by Crippen LogP contribution is -2.51. The molecule has 2 aliphatic rings. The van der Waals surface area contributed by atoms with E-state index in [9.17, 15) is 4.79 Å². The fourth-order valence-electron chi connectivity index (χ4n) is 2.76. The minimum absolute atomic E-state index is 0. The topological polar surface area (TPSA) is 62.2 Å². The first-order valence-electron chi connectivity index (χ1n) is 5.68. The Balaban J connectivity index is 0.00000128. The van der Waals surface area contributed by atoms with Gasteiger partial charge in [-0.25, -0.2) is 0 Å². The summed E-state index contributed by atoms with van der Waals surface area (Å²) >= 11 is 0. The number of esters is 1. The first-order chi connectivity index (χ1) is 7.16. The monoisotopic (exact) mass is 246 g/mol. The van der Waals surface area contributed by atoms with E-state index >= 15 is 0 Å². The van der Waals surface area contributed by atoms with Crippen LogP contribution in [-0.2, 0) is 9.53 Å². The van der Waals surface area contributed by atoms with Gasteiger partial charge in [-0.1, -0.05) is 0 Å². The Bertz CT molecular complexity index is 283. The average Bonchev–Trinajstić information content (AvgIpc) is 2.16. The highest BCUT2D eigenvalue weighted by molar-refractivity contribution is 5.85. The smallest absolute Gasteiger partial charge is 0.302 e. The van der Waals surface area contributed by atoms with Crippen LogP contribution in [0.1, 0.15) is 39.0 Å². The molecule has 0 spiro atoms. The summed E-state index contributed by atoms with van der Waals surface area (Å²) in [6.07, 6.45) is 5.01. The molecule has 1 saturated carbocycles. The van der Waals surface area contributed by atoms with E-state index in [2.05, 4.69) is 5.32 Å². The standard InChI is InChI=1S/C11H18N2O2.ClH/c1-7(14)15-10-4-2-3-9-8(10)5-6-11(12)13-9;/h8-10H,2-6H2,1H3,(H2,12,13);1H/t8-,9-,10?;/m1./s1. The minimum Gasteiger partial charge on any atom is -0.462 e. The zero-order valence-corrected chi connectivity index (χ0v) is 10.3. The number of nitrogens with one attached hydrogen (secondary N) is 2. The van der Waals surface area contributed by atoms with Gasteiger partial charge in [-0.2, -0.15) is 0 Å². The molecule has 4 nitrogen and oxygen atoms in total. The lowest BCUT2D eigenvalue weighted by Gasteiger charge is -2.41. The molecule has 0 radical (unpaired) electrons. The second-order valence-corrected chi connectivity index (χ2v) is 4.51. The summed E-state index contributed by atoms with van der Waals surface area (Å²) < 4.78 is 5.35. The first-order valence-corrected chi connectivity index (χ1v) is 5.68. The third-order valence-electron chi connectivity index (χ3n) is 3.40. The van der Waals surface area contributed by atoms with E-state index in [0.29, 0.717) is 17.8 Å². The average molecular weight is 247 g/mol. The number of rotatable bonds is 1. The van der Waals surface area contributed by atoms with Crippen LogP contribution in [-0.4, -0.2) is 24.0 Å². The van der Waals surface area contributed by atoms with Crippen LogP contribution in [0, 0.1) is 11.3 Å². The van der Waals surface area contributed by atoms with Gasteiger partial charge >= 0.3 is 5.97 Å². The highest BCUT2D eigenvalue weighted by Crippen LogP contribution is 2.33. The fourth-order valence-corrected chi connectivity index (χ4v) is 2.76. The number of carbonyl (C=O) groups excluding carboxylic acids is 1. The van der Waals surface area contributed by atoms with Gasteiger partial charge in [0.2, 0.25) is 0 Å². The number of piperidine rings is 1. The number of fused-ring (bicyclic) bond motifs is 1. The van der Waals surface area contributed by atoms with Crippen molar-refractivity contribution in [3.05, 3.63) is 0 Å². The molecule has 2 rings (SSSR count). The van der Waals surface area contributed by atoms with Crippen molar-refractivity contribution in [2.45, 2.75) is 51.2 Å². The van der Waals surface area contributed by atoms with Crippen LogP contribution in [0.5, 0.6) is 0 Å². The molecule has 2 N–H and O–H groups in total. The quantitative estimate of drug-likeness (QED) is 0.695. The maximum absolute atomic E-state index is 11.0. The third kappa shape index (κ3) is 2.88. The molecule has 3 atom stereocenters. The number of hydrogen-bond donors (Lipinski definition) is 2. The lowest BCUT2D eigenvalue weighted by molar-refractivity contribution is -0.151. The van der Waals surface area contributed by atoms with Gasteiger partial charge in [0.1, 0.15) is 6.10 Å². The van der Waals surface area contributed by atoms with E-state index in [-0.39, 0.29) is 24.5 Å². The van der Waals surface area contributed by atoms with Crippen molar-refractivity contribution in [2.75, 3.05) is 0 Å². The minimum atomic E-state index is -0.179. The highest BCUT2D eigenvalue weighted by Gasteiger charge is 2.37. The number of carbonyl (C=O) groups is 1. The van der Waals surface area contributed by atoms with Gasteiger partial charge < -0.3 is 10.1 Å². The molecule has 0 aromatic heterocycles. The molecule has 1 saturated heterocycles. The second kappa shape index (κ2) is 5.53. The summed E-state index contributed by atoms with van der Waals surface area (Å²) in [6, 6.07) is 0.351. The maximum atomic E-state index is 11.0. The molecule has 16 heavy (non-hydrogen) atoms. The molecule has 0 amide bonds. The Morgan fingerprint density at radius 3 is 2.88 bits per heavy atom. The Morgan fingerprint density at radius 1 is 1.44 bits per heavy atom. The number of amidine groups is 1. The number of halogens is 1. The van der Waals surface area contributed by atoms with Gasteiger partial charge in [0.05, 0.1) is 5.84 Å². The van der Waals surface area contributed by atoms with Crippen molar-refractivity contribution in [1.82, 2.24) is 5.32 Å². The van der Waals surface area contributed by atoms with Gasteiger partial charge in [-0.05, 0) is 25.7 Å². The third-order valence-corrected chi connectivity index (χ3v) is 3.40. The zero-order chi connectivity index (χ0) is 10.8. The summed E-state index contributed by atoms with van der Waals surface area (Å²) in [4.78, 5) is 11.0. The van der Waals surface area contributed by atoms with E-state index in [1.807, 2.05) is 0 Å². The molecule has 0 bridgehead atoms. The van der Waals surface area contributed by atoms with Crippen LogP contribution in [0.3, 0.4) is 0 Å². The van der Waals surface area contributed by atoms with Crippen LogP contribution in [0.4, 0.5) is 0 Å². The summed E-state index contributed by atoms with van der Waals surface area (Å²) in [5.41, 5.74) is 0. The molecule has 0 aromatic carbocycles. The molecular formula is C11H19ClN2O2. The molecule has 2 fully saturated rings. The SMILES string of the molecule is CC(=O)OC1CCC[C@H]2NC(=N)CC[C@@H]12.Cl. The van der Waals surface area contributed by atoms with E-state index in [1.54, 1.807) is 0 Å². The molecule has 1 aliphatic carbocycles. The van der Waals surface area contributed by atoms with Crippen molar-refractivity contribution < 1.29 is 9.53 Å². The summed E-state index contributed by atoms with van der Waals surface area (Å²) in [5, 5.41) is 10.8. The maximum Gasteiger partial charge on any atom is 0.302 e. The predicted octanol–water partition coefficient (Wildman–Crippen LogP) is 1.87. The van der Waals surface area contributed by atoms with Gasteiger partial charge in [0, 0.05) is 25.3 Å². The second-order valence-electron chi connectivity index (χ2n) is 4.51. The van der Waals surface area contributed by atoms with Crippen LogP contribution in [0.2, 0.25) is 0 Å². The molecular weight excluding hydrogens is 228 g/mol. The number of hydrogen-bond acceptors (Lipinski definition) is 3. The predicted molar refractivity (Wildman–Crippen MR) is 64.0 cm³/mol.